The van der Waals surface area contributed by atoms with Crippen LogP contribution in [0.4, 0.5) is 10.1 Å². The maximum atomic E-state index is 13.4. The number of benzene rings is 2. The molecular weight excluding hydrogens is 337 g/mol. The van der Waals surface area contributed by atoms with Crippen molar-refractivity contribution in [2.75, 3.05) is 12.4 Å². The van der Waals surface area contributed by atoms with Gasteiger partial charge in [-0.3, -0.25) is 0 Å². The zero-order valence-corrected chi connectivity index (χ0v) is 13.7. The van der Waals surface area contributed by atoms with E-state index in [1.165, 1.54) is 13.2 Å². The van der Waals surface area contributed by atoms with E-state index in [0.717, 1.165) is 16.8 Å². The standard InChI is InChI=1S/C16H17BrFNO2/c1-9-6-13(18)12(17)8-14(9)19-10(2)11-4-5-15(20)16(7-11)21-3/h4-8,10,19-20H,1-3H3. The molecule has 0 bridgehead atoms. The van der Waals surface area contributed by atoms with E-state index >= 15 is 0 Å². The molecule has 21 heavy (non-hydrogen) atoms. The molecule has 2 N–H and O–H groups in total. The first-order valence-electron chi connectivity index (χ1n) is 6.51. The SMILES string of the molecule is COc1cc(C(C)Nc2cc(Br)c(F)cc2C)ccc1O. The molecule has 2 rings (SSSR count). The highest BCUT2D eigenvalue weighted by atomic mass is 79.9. The van der Waals surface area contributed by atoms with Crippen molar-refractivity contribution in [1.29, 1.82) is 0 Å². The third kappa shape index (κ3) is 3.47. The minimum atomic E-state index is -0.281. The number of phenols is 1. The third-order valence-electron chi connectivity index (χ3n) is 3.34. The summed E-state index contributed by atoms with van der Waals surface area (Å²) in [7, 11) is 1.51. The molecule has 0 saturated heterocycles. The molecule has 2 aromatic carbocycles. The molecule has 1 atom stereocenters. The molecule has 3 nitrogen and oxygen atoms in total. The lowest BCUT2D eigenvalue weighted by molar-refractivity contribution is 0.373. The summed E-state index contributed by atoms with van der Waals surface area (Å²) in [5.74, 6) is 0.254. The molecule has 112 valence electrons. The van der Waals surface area contributed by atoms with Gasteiger partial charge in [-0.15, -0.1) is 0 Å². The van der Waals surface area contributed by atoms with Gasteiger partial charge in [-0.25, -0.2) is 4.39 Å². The summed E-state index contributed by atoms with van der Waals surface area (Å²) in [6, 6.07) is 8.38. The van der Waals surface area contributed by atoms with Gasteiger partial charge in [0.15, 0.2) is 11.5 Å². The minimum Gasteiger partial charge on any atom is -0.504 e. The summed E-state index contributed by atoms with van der Waals surface area (Å²) < 4.78 is 19.0. The Hall–Kier alpha value is -1.75. The van der Waals surface area contributed by atoms with Crippen LogP contribution in [0.15, 0.2) is 34.8 Å². The van der Waals surface area contributed by atoms with Gasteiger partial charge in [0.2, 0.25) is 0 Å². The van der Waals surface area contributed by atoms with Crippen molar-refractivity contribution in [3.05, 3.63) is 51.7 Å². The molecule has 0 heterocycles. The van der Waals surface area contributed by atoms with Crippen LogP contribution < -0.4 is 10.1 Å². The van der Waals surface area contributed by atoms with Gasteiger partial charge in [0.25, 0.3) is 0 Å². The van der Waals surface area contributed by atoms with Gasteiger partial charge in [0.1, 0.15) is 5.82 Å². The topological polar surface area (TPSA) is 41.5 Å². The fraction of sp³-hybridized carbons (Fsp3) is 0.250. The van der Waals surface area contributed by atoms with Crippen LogP contribution in [-0.4, -0.2) is 12.2 Å². The second kappa shape index (κ2) is 6.35. The Morgan fingerprint density at radius 1 is 1.29 bits per heavy atom. The molecule has 0 aliphatic rings. The van der Waals surface area contributed by atoms with Crippen LogP contribution in [0.1, 0.15) is 24.1 Å². The van der Waals surface area contributed by atoms with Gasteiger partial charge in [-0.2, -0.15) is 0 Å². The molecule has 0 saturated carbocycles. The van der Waals surface area contributed by atoms with Crippen molar-refractivity contribution in [3.63, 3.8) is 0 Å². The molecule has 0 amide bonds. The fourth-order valence-corrected chi connectivity index (χ4v) is 2.43. The molecule has 2 aromatic rings. The number of phenolic OH excluding ortho intramolecular Hbond substituents is 1. The number of rotatable bonds is 4. The molecule has 0 radical (unpaired) electrons. The number of nitrogens with one attached hydrogen (secondary N) is 1. The molecule has 5 heteroatoms. The number of aryl methyl sites for hydroxylation is 1. The highest BCUT2D eigenvalue weighted by Gasteiger charge is 2.12. The number of anilines is 1. The predicted molar refractivity (Wildman–Crippen MR) is 85.5 cm³/mol. The largest absolute Gasteiger partial charge is 0.504 e. The number of aromatic hydroxyl groups is 1. The van der Waals surface area contributed by atoms with E-state index in [-0.39, 0.29) is 17.6 Å². The van der Waals surface area contributed by atoms with Crippen LogP contribution in [0.3, 0.4) is 0 Å². The van der Waals surface area contributed by atoms with E-state index in [1.54, 1.807) is 18.2 Å². The normalized spacial score (nSPS) is 12.0. The fourth-order valence-electron chi connectivity index (χ4n) is 2.08. The van der Waals surface area contributed by atoms with E-state index in [2.05, 4.69) is 21.2 Å². The van der Waals surface area contributed by atoms with Crippen LogP contribution in [0.5, 0.6) is 11.5 Å². The molecule has 0 aromatic heterocycles. The van der Waals surface area contributed by atoms with E-state index in [1.807, 2.05) is 19.9 Å². The number of methoxy groups -OCH3 is 1. The highest BCUT2D eigenvalue weighted by Crippen LogP contribution is 2.31. The average Bonchev–Trinajstić information content (AvgIpc) is 2.45. The van der Waals surface area contributed by atoms with Gasteiger partial charge in [-0.05, 0) is 65.2 Å². The van der Waals surface area contributed by atoms with Crippen molar-refractivity contribution in [1.82, 2.24) is 0 Å². The second-order valence-corrected chi connectivity index (χ2v) is 5.73. The number of ether oxygens (including phenoxy) is 1. The lowest BCUT2D eigenvalue weighted by Gasteiger charge is -2.19. The maximum absolute atomic E-state index is 13.4. The molecule has 0 aliphatic heterocycles. The van der Waals surface area contributed by atoms with Crippen LogP contribution in [0.2, 0.25) is 0 Å². The average molecular weight is 354 g/mol. The molecule has 0 fully saturated rings. The Labute approximate surface area is 131 Å². The zero-order valence-electron chi connectivity index (χ0n) is 12.1. The van der Waals surface area contributed by atoms with E-state index in [0.29, 0.717) is 10.2 Å². The zero-order chi connectivity index (χ0) is 15.6. The molecular formula is C16H17BrFNO2. The van der Waals surface area contributed by atoms with Gasteiger partial charge in [-0.1, -0.05) is 6.07 Å². The van der Waals surface area contributed by atoms with Crippen molar-refractivity contribution in [2.24, 2.45) is 0 Å². The first-order chi connectivity index (χ1) is 9.92. The first kappa shape index (κ1) is 15.6. The quantitative estimate of drug-likeness (QED) is 0.830. The third-order valence-corrected chi connectivity index (χ3v) is 3.95. The Bertz CT molecular complexity index is 661. The molecule has 1 unspecified atom stereocenters. The van der Waals surface area contributed by atoms with Crippen molar-refractivity contribution in [3.8, 4) is 11.5 Å². The van der Waals surface area contributed by atoms with Gasteiger partial charge < -0.3 is 15.2 Å². The lowest BCUT2D eigenvalue weighted by Crippen LogP contribution is -2.08. The Kier molecular flexibility index (Phi) is 4.73. The Morgan fingerprint density at radius 3 is 2.67 bits per heavy atom. The van der Waals surface area contributed by atoms with E-state index < -0.39 is 0 Å². The predicted octanol–water partition coefficient (Wildman–Crippen LogP) is 4.78. The summed E-state index contributed by atoms with van der Waals surface area (Å²) in [5, 5.41) is 13.0. The number of hydrogen-bond acceptors (Lipinski definition) is 3. The highest BCUT2D eigenvalue weighted by molar-refractivity contribution is 9.10. The maximum Gasteiger partial charge on any atom is 0.160 e. The number of hydrogen-bond donors (Lipinski definition) is 2. The monoisotopic (exact) mass is 353 g/mol. The van der Waals surface area contributed by atoms with Crippen molar-refractivity contribution >= 4 is 21.6 Å². The van der Waals surface area contributed by atoms with Crippen LogP contribution in [-0.2, 0) is 0 Å². The summed E-state index contributed by atoms with van der Waals surface area (Å²) in [4.78, 5) is 0. The minimum absolute atomic E-state index is 0.0180. The van der Waals surface area contributed by atoms with Gasteiger partial charge in [0.05, 0.1) is 11.6 Å². The summed E-state index contributed by atoms with van der Waals surface area (Å²) in [6.45, 7) is 3.84. The first-order valence-corrected chi connectivity index (χ1v) is 7.30. The second-order valence-electron chi connectivity index (χ2n) is 4.88. The summed E-state index contributed by atoms with van der Waals surface area (Å²) in [6.07, 6.45) is 0. The lowest BCUT2D eigenvalue weighted by atomic mass is 10.1. The smallest absolute Gasteiger partial charge is 0.160 e. The van der Waals surface area contributed by atoms with E-state index in [9.17, 15) is 9.50 Å². The van der Waals surface area contributed by atoms with Gasteiger partial charge >= 0.3 is 0 Å². The Morgan fingerprint density at radius 2 is 2.00 bits per heavy atom. The Balaban J connectivity index is 2.25. The van der Waals surface area contributed by atoms with Crippen molar-refractivity contribution in [2.45, 2.75) is 19.9 Å². The summed E-state index contributed by atoms with van der Waals surface area (Å²) >= 11 is 3.19. The van der Waals surface area contributed by atoms with Crippen LogP contribution in [0.25, 0.3) is 0 Å². The summed E-state index contributed by atoms with van der Waals surface area (Å²) in [5.41, 5.74) is 2.64. The van der Waals surface area contributed by atoms with Gasteiger partial charge in [0, 0.05) is 11.7 Å². The van der Waals surface area contributed by atoms with Crippen molar-refractivity contribution < 1.29 is 14.2 Å². The van der Waals surface area contributed by atoms with E-state index in [4.69, 9.17) is 4.74 Å². The number of halogens is 2. The molecule has 0 spiro atoms. The van der Waals surface area contributed by atoms with Crippen LogP contribution >= 0.6 is 15.9 Å². The molecule has 0 aliphatic carbocycles. The van der Waals surface area contributed by atoms with Crippen LogP contribution in [0, 0.1) is 12.7 Å².